The molecule has 0 radical (unpaired) electrons. The standard InChI is InChI=1S/C54H97NO5/c1-3-5-7-9-11-13-15-16-20-24-28-32-36-40-44-48-54(59)60-49-45-41-37-33-29-25-22-19-17-18-21-23-27-31-35-39-43-47-53(58)55-51(50-56)52(57)46-42-38-34-30-26-14-12-10-8-6-4-2/h11,13,16-17,19-20,25,29,42,46,51-52,56-57H,3-10,12,14-15,18,21-24,26-28,30-41,43-45,47-50H2,1-2H3,(H,55,58)/b13-11-,19-17-,20-16-,29-25-,46-42+. The minimum Gasteiger partial charge on any atom is -0.466 e. The van der Waals surface area contributed by atoms with Gasteiger partial charge in [0.15, 0.2) is 0 Å². The van der Waals surface area contributed by atoms with Gasteiger partial charge >= 0.3 is 5.97 Å². The van der Waals surface area contributed by atoms with Gasteiger partial charge in [-0.3, -0.25) is 9.59 Å². The van der Waals surface area contributed by atoms with Gasteiger partial charge in [-0.15, -0.1) is 0 Å². The van der Waals surface area contributed by atoms with Crippen molar-refractivity contribution in [3.05, 3.63) is 60.8 Å². The number of carbonyl (C=O) groups excluding carboxylic acids is 2. The van der Waals surface area contributed by atoms with E-state index in [1.165, 1.54) is 122 Å². The van der Waals surface area contributed by atoms with E-state index in [9.17, 15) is 19.8 Å². The van der Waals surface area contributed by atoms with Crippen LogP contribution in [0.25, 0.3) is 0 Å². The zero-order valence-electron chi connectivity index (χ0n) is 39.4. The molecule has 6 nitrogen and oxygen atoms in total. The van der Waals surface area contributed by atoms with E-state index in [0.717, 1.165) is 96.3 Å². The van der Waals surface area contributed by atoms with Crippen molar-refractivity contribution in [1.82, 2.24) is 5.32 Å². The number of unbranched alkanes of at least 4 members (excludes halogenated alkanes) is 27. The van der Waals surface area contributed by atoms with Crippen LogP contribution in [0.5, 0.6) is 0 Å². The van der Waals surface area contributed by atoms with E-state index >= 15 is 0 Å². The summed E-state index contributed by atoms with van der Waals surface area (Å²) in [7, 11) is 0. The minimum atomic E-state index is -0.855. The average molecular weight is 840 g/mol. The molecular weight excluding hydrogens is 743 g/mol. The number of allylic oxidation sites excluding steroid dienone is 9. The molecule has 1 amide bonds. The van der Waals surface area contributed by atoms with Crippen molar-refractivity contribution in [3.63, 3.8) is 0 Å². The van der Waals surface area contributed by atoms with E-state index in [-0.39, 0.29) is 18.5 Å². The quantitative estimate of drug-likeness (QED) is 0.0322. The summed E-state index contributed by atoms with van der Waals surface area (Å²) in [5, 5.41) is 22.9. The van der Waals surface area contributed by atoms with Crippen molar-refractivity contribution >= 4 is 11.9 Å². The highest BCUT2D eigenvalue weighted by Crippen LogP contribution is 2.13. The summed E-state index contributed by atoms with van der Waals surface area (Å²) in [5.41, 5.74) is 0. The van der Waals surface area contributed by atoms with Gasteiger partial charge in [-0.2, -0.15) is 0 Å². The van der Waals surface area contributed by atoms with Crippen molar-refractivity contribution in [2.45, 2.75) is 257 Å². The number of carbonyl (C=O) groups is 2. The molecule has 0 rings (SSSR count). The number of nitrogens with one attached hydrogen (secondary N) is 1. The van der Waals surface area contributed by atoms with Gasteiger partial charge in [0.2, 0.25) is 5.91 Å². The number of rotatable bonds is 46. The van der Waals surface area contributed by atoms with E-state index < -0.39 is 12.1 Å². The molecule has 3 N–H and O–H groups in total. The van der Waals surface area contributed by atoms with E-state index in [1.54, 1.807) is 6.08 Å². The van der Waals surface area contributed by atoms with Crippen molar-refractivity contribution in [2.75, 3.05) is 13.2 Å². The Kier molecular flexibility index (Phi) is 47.2. The van der Waals surface area contributed by atoms with Gasteiger partial charge in [0.05, 0.1) is 25.4 Å². The first-order valence-corrected chi connectivity index (χ1v) is 25.6. The van der Waals surface area contributed by atoms with Crippen LogP contribution < -0.4 is 5.32 Å². The molecule has 0 aliphatic carbocycles. The highest BCUT2D eigenvalue weighted by atomic mass is 16.5. The second kappa shape index (κ2) is 49.2. The summed E-state index contributed by atoms with van der Waals surface area (Å²) >= 11 is 0. The predicted molar refractivity (Wildman–Crippen MR) is 259 cm³/mol. The second-order valence-corrected chi connectivity index (χ2v) is 17.1. The number of aliphatic hydroxyl groups is 2. The van der Waals surface area contributed by atoms with Crippen LogP contribution in [0.15, 0.2) is 60.8 Å². The Bertz CT molecular complexity index is 1060. The van der Waals surface area contributed by atoms with Crippen LogP contribution in [0.1, 0.15) is 245 Å². The minimum absolute atomic E-state index is 0.0318. The summed E-state index contributed by atoms with van der Waals surface area (Å²) in [6.07, 6.45) is 62.2. The zero-order chi connectivity index (χ0) is 43.7. The maximum absolute atomic E-state index is 12.4. The fourth-order valence-corrected chi connectivity index (χ4v) is 7.28. The summed E-state index contributed by atoms with van der Waals surface area (Å²) < 4.78 is 5.43. The molecule has 348 valence electrons. The fraction of sp³-hybridized carbons (Fsp3) is 0.778. The zero-order valence-corrected chi connectivity index (χ0v) is 39.4. The fourth-order valence-electron chi connectivity index (χ4n) is 7.28. The van der Waals surface area contributed by atoms with Crippen molar-refractivity contribution in [1.29, 1.82) is 0 Å². The Labute approximate surface area is 371 Å². The number of hydrogen-bond acceptors (Lipinski definition) is 5. The normalized spacial score (nSPS) is 13.2. The first-order chi connectivity index (χ1) is 29.5. The summed E-state index contributed by atoms with van der Waals surface area (Å²) in [5.74, 6) is -0.120. The molecule has 2 atom stereocenters. The first-order valence-electron chi connectivity index (χ1n) is 25.6. The van der Waals surface area contributed by atoms with Crippen LogP contribution in [0.2, 0.25) is 0 Å². The largest absolute Gasteiger partial charge is 0.466 e. The van der Waals surface area contributed by atoms with Gasteiger partial charge in [-0.25, -0.2) is 0 Å². The molecule has 0 bridgehead atoms. The van der Waals surface area contributed by atoms with Crippen molar-refractivity contribution in [3.8, 4) is 0 Å². The monoisotopic (exact) mass is 840 g/mol. The molecule has 0 spiro atoms. The lowest BCUT2D eigenvalue weighted by atomic mass is 10.1. The van der Waals surface area contributed by atoms with Gasteiger partial charge in [0.1, 0.15) is 0 Å². The molecule has 0 fully saturated rings. The van der Waals surface area contributed by atoms with Gasteiger partial charge in [0.25, 0.3) is 0 Å². The Morgan fingerprint density at radius 2 is 0.833 bits per heavy atom. The second-order valence-electron chi connectivity index (χ2n) is 17.1. The molecule has 60 heavy (non-hydrogen) atoms. The van der Waals surface area contributed by atoms with Crippen LogP contribution in [-0.4, -0.2) is 47.4 Å². The van der Waals surface area contributed by atoms with Crippen molar-refractivity contribution in [2.24, 2.45) is 0 Å². The molecule has 0 aromatic carbocycles. The van der Waals surface area contributed by atoms with Gasteiger partial charge in [0, 0.05) is 12.8 Å². The molecule has 0 aliphatic rings. The first kappa shape index (κ1) is 57.6. The number of esters is 1. The third-order valence-electron chi connectivity index (χ3n) is 11.3. The number of ether oxygens (including phenoxy) is 1. The lowest BCUT2D eigenvalue weighted by Crippen LogP contribution is -2.45. The van der Waals surface area contributed by atoms with E-state index in [1.807, 2.05) is 6.08 Å². The van der Waals surface area contributed by atoms with Crippen LogP contribution in [0.3, 0.4) is 0 Å². The van der Waals surface area contributed by atoms with E-state index in [0.29, 0.717) is 19.4 Å². The Morgan fingerprint density at radius 3 is 1.30 bits per heavy atom. The average Bonchev–Trinajstić information content (AvgIpc) is 3.25. The Balaban J connectivity index is 3.54. The molecule has 0 aromatic rings. The van der Waals surface area contributed by atoms with Crippen LogP contribution >= 0.6 is 0 Å². The Morgan fingerprint density at radius 1 is 0.467 bits per heavy atom. The molecule has 0 heterocycles. The van der Waals surface area contributed by atoms with Crippen LogP contribution in [-0.2, 0) is 14.3 Å². The van der Waals surface area contributed by atoms with Gasteiger partial charge in [-0.05, 0) is 103 Å². The van der Waals surface area contributed by atoms with Crippen molar-refractivity contribution < 1.29 is 24.5 Å². The summed E-state index contributed by atoms with van der Waals surface area (Å²) in [6, 6.07) is -0.640. The number of amides is 1. The molecule has 0 saturated heterocycles. The number of aliphatic hydroxyl groups excluding tert-OH is 2. The maximum Gasteiger partial charge on any atom is 0.305 e. The smallest absolute Gasteiger partial charge is 0.305 e. The highest BCUT2D eigenvalue weighted by molar-refractivity contribution is 5.76. The topological polar surface area (TPSA) is 95.9 Å². The number of hydrogen-bond donors (Lipinski definition) is 3. The SMILES string of the molecule is CCCCC/C=C\C/C=C\CCCCCCCC(=O)OCCCCC/C=C\C/C=C\CCCCCCCCCC(=O)NC(CO)C(O)/C=C/CCCCCCCCCCC. The van der Waals surface area contributed by atoms with E-state index in [4.69, 9.17) is 4.74 Å². The molecule has 6 heteroatoms. The Hall–Kier alpha value is -2.44. The van der Waals surface area contributed by atoms with Gasteiger partial charge in [-0.1, -0.05) is 190 Å². The molecule has 0 aromatic heterocycles. The van der Waals surface area contributed by atoms with Crippen LogP contribution in [0, 0.1) is 0 Å². The highest BCUT2D eigenvalue weighted by Gasteiger charge is 2.18. The molecular formula is C54H97NO5. The predicted octanol–water partition coefficient (Wildman–Crippen LogP) is 15.2. The van der Waals surface area contributed by atoms with E-state index in [2.05, 4.69) is 67.8 Å². The summed E-state index contributed by atoms with van der Waals surface area (Å²) in [4.78, 5) is 24.4. The third-order valence-corrected chi connectivity index (χ3v) is 11.3. The van der Waals surface area contributed by atoms with Gasteiger partial charge < -0.3 is 20.3 Å². The lowest BCUT2D eigenvalue weighted by Gasteiger charge is -2.20. The maximum atomic E-state index is 12.4. The molecule has 0 saturated carbocycles. The molecule has 2 unspecified atom stereocenters. The molecule has 0 aliphatic heterocycles. The third kappa shape index (κ3) is 45.1. The van der Waals surface area contributed by atoms with Crippen LogP contribution in [0.4, 0.5) is 0 Å². The summed E-state index contributed by atoms with van der Waals surface area (Å²) in [6.45, 7) is 4.79. The lowest BCUT2D eigenvalue weighted by molar-refractivity contribution is -0.143.